The molecular formula is C25H27NO5. The fourth-order valence-electron chi connectivity index (χ4n) is 4.51. The first-order valence-corrected chi connectivity index (χ1v) is 10.8. The van der Waals surface area contributed by atoms with Crippen LogP contribution < -0.4 is 10.1 Å². The molecule has 1 amide bonds. The van der Waals surface area contributed by atoms with Crippen molar-refractivity contribution in [3.8, 4) is 11.5 Å². The molecule has 2 fully saturated rings. The number of carbonyl (C=O) groups is 3. The SMILES string of the molecule is Cc1ccc(Oc2ccccc2NC(=O)COC(=O)C2CC3CCCC(C2)C3=O)cc1. The Morgan fingerprint density at radius 1 is 1.00 bits per heavy atom. The van der Waals surface area contributed by atoms with Crippen molar-refractivity contribution in [2.45, 2.75) is 39.0 Å². The predicted octanol–water partition coefficient (Wildman–Crippen LogP) is 4.66. The molecule has 2 aliphatic rings. The molecule has 2 unspecified atom stereocenters. The van der Waals surface area contributed by atoms with Gasteiger partial charge in [-0.25, -0.2) is 0 Å². The lowest BCUT2D eigenvalue weighted by atomic mass is 9.67. The zero-order valence-electron chi connectivity index (χ0n) is 17.6. The highest BCUT2D eigenvalue weighted by atomic mass is 16.5. The number of hydrogen-bond donors (Lipinski definition) is 1. The highest BCUT2D eigenvalue weighted by Gasteiger charge is 2.41. The van der Waals surface area contributed by atoms with Gasteiger partial charge in [0.05, 0.1) is 11.6 Å². The molecule has 0 radical (unpaired) electrons. The third kappa shape index (κ3) is 5.13. The Balaban J connectivity index is 1.31. The molecule has 4 rings (SSSR count). The van der Waals surface area contributed by atoms with E-state index in [4.69, 9.17) is 9.47 Å². The highest BCUT2D eigenvalue weighted by Crippen LogP contribution is 2.40. The fraction of sp³-hybridized carbons (Fsp3) is 0.400. The van der Waals surface area contributed by atoms with Gasteiger partial charge in [0, 0.05) is 11.8 Å². The molecule has 31 heavy (non-hydrogen) atoms. The first-order chi connectivity index (χ1) is 15.0. The van der Waals surface area contributed by atoms with Gasteiger partial charge in [-0.3, -0.25) is 14.4 Å². The molecule has 2 aliphatic carbocycles. The van der Waals surface area contributed by atoms with Crippen LogP contribution in [-0.2, 0) is 19.1 Å². The molecule has 0 aliphatic heterocycles. The van der Waals surface area contributed by atoms with Gasteiger partial charge in [0.25, 0.3) is 5.91 Å². The van der Waals surface area contributed by atoms with E-state index in [1.807, 2.05) is 37.3 Å². The summed E-state index contributed by atoms with van der Waals surface area (Å²) in [6, 6.07) is 14.7. The van der Waals surface area contributed by atoms with Crippen LogP contribution in [0.5, 0.6) is 11.5 Å². The first-order valence-electron chi connectivity index (χ1n) is 10.8. The number of para-hydroxylation sites is 2. The van der Waals surface area contributed by atoms with Gasteiger partial charge in [-0.15, -0.1) is 0 Å². The number of anilines is 1. The summed E-state index contributed by atoms with van der Waals surface area (Å²) in [7, 11) is 0. The van der Waals surface area contributed by atoms with Crippen molar-refractivity contribution < 1.29 is 23.9 Å². The van der Waals surface area contributed by atoms with Crippen LogP contribution in [0.15, 0.2) is 48.5 Å². The van der Waals surface area contributed by atoms with Crippen LogP contribution in [0.4, 0.5) is 5.69 Å². The average Bonchev–Trinajstić information content (AvgIpc) is 2.75. The number of fused-ring (bicyclic) bond motifs is 2. The molecule has 2 aromatic rings. The molecule has 0 aromatic heterocycles. The maximum absolute atomic E-state index is 12.5. The van der Waals surface area contributed by atoms with E-state index in [9.17, 15) is 14.4 Å². The molecule has 0 heterocycles. The summed E-state index contributed by atoms with van der Waals surface area (Å²) in [4.78, 5) is 37.1. The lowest BCUT2D eigenvalue weighted by molar-refractivity contribution is -0.155. The molecule has 162 valence electrons. The molecule has 6 nitrogen and oxygen atoms in total. The molecule has 0 saturated heterocycles. The average molecular weight is 421 g/mol. The summed E-state index contributed by atoms with van der Waals surface area (Å²) < 4.78 is 11.2. The third-order valence-corrected chi connectivity index (χ3v) is 6.14. The number of amides is 1. The summed E-state index contributed by atoms with van der Waals surface area (Å²) in [5.41, 5.74) is 1.63. The lowest BCUT2D eigenvalue weighted by Gasteiger charge is -2.36. The number of ether oxygens (including phenoxy) is 2. The van der Waals surface area contributed by atoms with Crippen LogP contribution in [0.2, 0.25) is 0 Å². The second kappa shape index (κ2) is 9.33. The van der Waals surface area contributed by atoms with Crippen LogP contribution in [0, 0.1) is 24.7 Å². The number of nitrogens with one attached hydrogen (secondary N) is 1. The Morgan fingerprint density at radius 3 is 2.39 bits per heavy atom. The quantitative estimate of drug-likeness (QED) is 0.686. The zero-order valence-corrected chi connectivity index (χ0v) is 17.6. The van der Waals surface area contributed by atoms with Crippen molar-refractivity contribution >= 4 is 23.3 Å². The molecule has 2 aromatic carbocycles. The Bertz CT molecular complexity index is 952. The number of Topliss-reactive ketones (excluding diaryl/α,β-unsaturated/α-hetero) is 1. The van der Waals surface area contributed by atoms with Crippen molar-refractivity contribution in [2.75, 3.05) is 11.9 Å². The van der Waals surface area contributed by atoms with Crippen molar-refractivity contribution in [2.24, 2.45) is 17.8 Å². The smallest absolute Gasteiger partial charge is 0.309 e. The van der Waals surface area contributed by atoms with Crippen LogP contribution in [0.1, 0.15) is 37.7 Å². The number of esters is 1. The van der Waals surface area contributed by atoms with Gasteiger partial charge in [0.1, 0.15) is 11.5 Å². The Kier molecular flexibility index (Phi) is 6.35. The minimum Gasteiger partial charge on any atom is -0.455 e. The monoisotopic (exact) mass is 421 g/mol. The predicted molar refractivity (Wildman–Crippen MR) is 116 cm³/mol. The van der Waals surface area contributed by atoms with Gasteiger partial charge < -0.3 is 14.8 Å². The summed E-state index contributed by atoms with van der Waals surface area (Å²) in [5.74, 6) is 0.315. The van der Waals surface area contributed by atoms with Gasteiger partial charge in [-0.2, -0.15) is 0 Å². The molecule has 6 heteroatoms. The molecule has 0 spiro atoms. The van der Waals surface area contributed by atoms with Crippen molar-refractivity contribution in [3.63, 3.8) is 0 Å². The molecular weight excluding hydrogens is 394 g/mol. The number of aryl methyl sites for hydroxylation is 1. The first kappa shape index (κ1) is 21.1. The number of carbonyl (C=O) groups excluding carboxylic acids is 3. The normalized spacial score (nSPS) is 22.5. The Hall–Kier alpha value is -3.15. The topological polar surface area (TPSA) is 81.7 Å². The van der Waals surface area contributed by atoms with E-state index >= 15 is 0 Å². The lowest BCUT2D eigenvalue weighted by Crippen LogP contribution is -2.40. The van der Waals surface area contributed by atoms with Gasteiger partial charge >= 0.3 is 5.97 Å². The molecule has 2 bridgehead atoms. The van der Waals surface area contributed by atoms with E-state index in [0.717, 1.165) is 24.8 Å². The van der Waals surface area contributed by atoms with Crippen LogP contribution in [0.25, 0.3) is 0 Å². The Morgan fingerprint density at radius 2 is 1.68 bits per heavy atom. The number of benzene rings is 2. The minimum atomic E-state index is -0.430. The second-order valence-electron chi connectivity index (χ2n) is 8.46. The third-order valence-electron chi connectivity index (χ3n) is 6.14. The van der Waals surface area contributed by atoms with Crippen LogP contribution >= 0.6 is 0 Å². The zero-order chi connectivity index (χ0) is 21.8. The van der Waals surface area contributed by atoms with Gasteiger partial charge in [-0.05, 0) is 56.9 Å². The second-order valence-corrected chi connectivity index (χ2v) is 8.46. The number of rotatable bonds is 6. The molecule has 1 N–H and O–H groups in total. The van der Waals surface area contributed by atoms with E-state index in [2.05, 4.69) is 5.32 Å². The van der Waals surface area contributed by atoms with Crippen molar-refractivity contribution in [3.05, 3.63) is 54.1 Å². The fourth-order valence-corrected chi connectivity index (χ4v) is 4.51. The summed E-state index contributed by atoms with van der Waals surface area (Å²) in [6.45, 7) is 1.63. The van der Waals surface area contributed by atoms with Gasteiger partial charge in [-0.1, -0.05) is 36.2 Å². The van der Waals surface area contributed by atoms with Crippen molar-refractivity contribution in [1.29, 1.82) is 0 Å². The Labute approximate surface area is 181 Å². The van der Waals surface area contributed by atoms with Crippen LogP contribution in [-0.4, -0.2) is 24.3 Å². The number of ketones is 1. The molecule has 2 atom stereocenters. The number of hydrogen-bond acceptors (Lipinski definition) is 5. The van der Waals surface area contributed by atoms with E-state index in [-0.39, 0.29) is 30.3 Å². The highest BCUT2D eigenvalue weighted by molar-refractivity contribution is 5.94. The maximum atomic E-state index is 12.5. The largest absolute Gasteiger partial charge is 0.455 e. The minimum absolute atomic E-state index is 0.0234. The standard InChI is InChI=1S/C25H27NO5/c1-16-9-11-20(12-10-16)31-22-8-3-2-7-21(22)26-23(27)15-30-25(29)19-13-17-5-4-6-18(14-19)24(17)28/h2-3,7-12,17-19H,4-6,13-15H2,1H3,(H,26,27). The van der Waals surface area contributed by atoms with Gasteiger partial charge in [0.15, 0.2) is 12.4 Å². The van der Waals surface area contributed by atoms with E-state index in [1.165, 1.54) is 0 Å². The van der Waals surface area contributed by atoms with Crippen molar-refractivity contribution in [1.82, 2.24) is 0 Å². The summed E-state index contributed by atoms with van der Waals surface area (Å²) >= 11 is 0. The summed E-state index contributed by atoms with van der Waals surface area (Å²) in [5, 5.41) is 2.75. The maximum Gasteiger partial charge on any atom is 0.309 e. The summed E-state index contributed by atoms with van der Waals surface area (Å²) in [6.07, 6.45) is 3.86. The van der Waals surface area contributed by atoms with E-state index in [1.54, 1.807) is 18.2 Å². The van der Waals surface area contributed by atoms with Crippen LogP contribution in [0.3, 0.4) is 0 Å². The molecule has 2 saturated carbocycles. The van der Waals surface area contributed by atoms with E-state index < -0.39 is 5.91 Å². The van der Waals surface area contributed by atoms with Gasteiger partial charge in [0.2, 0.25) is 0 Å². The van der Waals surface area contributed by atoms with E-state index in [0.29, 0.717) is 35.8 Å².